The molecule has 0 aromatic carbocycles. The molecular weight excluding hydrogens is 234 g/mol. The maximum absolute atomic E-state index is 3.76. The first-order valence-electron chi connectivity index (χ1n) is 8.25. The summed E-state index contributed by atoms with van der Waals surface area (Å²) in [6, 6.07) is 1.55. The summed E-state index contributed by atoms with van der Waals surface area (Å²) in [5, 5.41) is 3.76. The highest BCUT2D eigenvalue weighted by Gasteiger charge is 2.34. The smallest absolute Gasteiger partial charge is 0.0250 e. The van der Waals surface area contributed by atoms with E-state index >= 15 is 0 Å². The Bertz CT molecular complexity index is 264. The van der Waals surface area contributed by atoms with Gasteiger partial charge in [-0.1, -0.05) is 13.3 Å². The predicted molar refractivity (Wildman–Crippen MR) is 82.6 cm³/mol. The molecule has 0 aromatic heterocycles. The van der Waals surface area contributed by atoms with Crippen LogP contribution in [0.15, 0.2) is 0 Å². The highest BCUT2D eigenvalue weighted by molar-refractivity contribution is 4.93. The number of piperazine rings is 1. The Morgan fingerprint density at radius 2 is 1.74 bits per heavy atom. The molecule has 1 saturated carbocycles. The second-order valence-electron chi connectivity index (χ2n) is 7.25. The van der Waals surface area contributed by atoms with Gasteiger partial charge in [0.1, 0.15) is 0 Å². The molecule has 2 fully saturated rings. The van der Waals surface area contributed by atoms with Gasteiger partial charge >= 0.3 is 0 Å². The second-order valence-corrected chi connectivity index (χ2v) is 7.25. The number of hydrogen-bond acceptors (Lipinski definition) is 3. The number of nitrogens with zero attached hydrogens (tertiary/aromatic N) is 2. The quantitative estimate of drug-likeness (QED) is 0.843. The zero-order valence-electron chi connectivity index (χ0n) is 13.4. The third kappa shape index (κ3) is 3.93. The lowest BCUT2D eigenvalue weighted by Crippen LogP contribution is -2.58. The molecule has 0 radical (unpaired) electrons. The minimum atomic E-state index is 0.335. The van der Waals surface area contributed by atoms with Crippen molar-refractivity contribution >= 4 is 0 Å². The monoisotopic (exact) mass is 267 g/mol. The molecule has 0 amide bonds. The SMILES string of the molecule is CCCNC1CCCC1N1CCN(C(C)(C)C)CC1. The molecule has 3 nitrogen and oxygen atoms in total. The van der Waals surface area contributed by atoms with Gasteiger partial charge in [0.15, 0.2) is 0 Å². The summed E-state index contributed by atoms with van der Waals surface area (Å²) in [5.74, 6) is 0. The molecule has 1 aliphatic heterocycles. The Kier molecular flexibility index (Phi) is 5.27. The first kappa shape index (κ1) is 15.3. The van der Waals surface area contributed by atoms with Crippen LogP contribution in [0.4, 0.5) is 0 Å². The van der Waals surface area contributed by atoms with Crippen LogP contribution in [-0.2, 0) is 0 Å². The summed E-state index contributed by atoms with van der Waals surface area (Å²) in [6.45, 7) is 15.4. The largest absolute Gasteiger partial charge is 0.312 e. The van der Waals surface area contributed by atoms with Crippen molar-refractivity contribution in [1.82, 2.24) is 15.1 Å². The third-order valence-electron chi connectivity index (χ3n) is 4.87. The van der Waals surface area contributed by atoms with Crippen LogP contribution in [0.1, 0.15) is 53.4 Å². The summed E-state index contributed by atoms with van der Waals surface area (Å²) in [7, 11) is 0. The van der Waals surface area contributed by atoms with Crippen LogP contribution in [0.25, 0.3) is 0 Å². The lowest BCUT2D eigenvalue weighted by molar-refractivity contribution is 0.0375. The van der Waals surface area contributed by atoms with Gasteiger partial charge in [-0.05, 0) is 46.6 Å². The van der Waals surface area contributed by atoms with Crippen LogP contribution in [0, 0.1) is 0 Å². The van der Waals surface area contributed by atoms with Gasteiger partial charge in [-0.2, -0.15) is 0 Å². The maximum atomic E-state index is 3.76. The topological polar surface area (TPSA) is 18.5 Å². The van der Waals surface area contributed by atoms with Crippen molar-refractivity contribution in [2.45, 2.75) is 71.0 Å². The van der Waals surface area contributed by atoms with Crippen molar-refractivity contribution < 1.29 is 0 Å². The van der Waals surface area contributed by atoms with Crippen LogP contribution in [-0.4, -0.2) is 60.1 Å². The van der Waals surface area contributed by atoms with Gasteiger partial charge in [0.25, 0.3) is 0 Å². The van der Waals surface area contributed by atoms with Crippen molar-refractivity contribution in [2.24, 2.45) is 0 Å². The summed E-state index contributed by atoms with van der Waals surface area (Å²) in [4.78, 5) is 5.38. The van der Waals surface area contributed by atoms with E-state index in [9.17, 15) is 0 Å². The molecule has 19 heavy (non-hydrogen) atoms. The fourth-order valence-electron chi connectivity index (χ4n) is 3.67. The van der Waals surface area contributed by atoms with Gasteiger partial charge in [0.2, 0.25) is 0 Å². The molecule has 0 spiro atoms. The van der Waals surface area contributed by atoms with Gasteiger partial charge in [-0.15, -0.1) is 0 Å². The summed E-state index contributed by atoms with van der Waals surface area (Å²) >= 11 is 0. The summed E-state index contributed by atoms with van der Waals surface area (Å²) in [6.07, 6.45) is 5.44. The predicted octanol–water partition coefficient (Wildman–Crippen LogP) is 2.32. The number of hydrogen-bond donors (Lipinski definition) is 1. The van der Waals surface area contributed by atoms with E-state index in [0.717, 1.165) is 12.1 Å². The average molecular weight is 267 g/mol. The van der Waals surface area contributed by atoms with E-state index in [2.05, 4.69) is 42.8 Å². The highest BCUT2D eigenvalue weighted by Crippen LogP contribution is 2.26. The zero-order chi connectivity index (χ0) is 13.9. The zero-order valence-corrected chi connectivity index (χ0v) is 13.4. The van der Waals surface area contributed by atoms with Crippen LogP contribution in [0.5, 0.6) is 0 Å². The fraction of sp³-hybridized carbons (Fsp3) is 1.00. The van der Waals surface area contributed by atoms with Crippen LogP contribution < -0.4 is 5.32 Å². The highest BCUT2D eigenvalue weighted by atomic mass is 15.3. The Morgan fingerprint density at radius 1 is 1.05 bits per heavy atom. The maximum Gasteiger partial charge on any atom is 0.0250 e. The van der Waals surface area contributed by atoms with E-state index in [-0.39, 0.29) is 0 Å². The molecule has 112 valence electrons. The van der Waals surface area contributed by atoms with Gasteiger partial charge in [0.05, 0.1) is 0 Å². The van der Waals surface area contributed by atoms with Crippen molar-refractivity contribution in [3.8, 4) is 0 Å². The van der Waals surface area contributed by atoms with E-state index in [1.165, 1.54) is 58.4 Å². The molecular formula is C16H33N3. The van der Waals surface area contributed by atoms with Crippen molar-refractivity contribution in [3.05, 3.63) is 0 Å². The van der Waals surface area contributed by atoms with Crippen molar-refractivity contribution in [2.75, 3.05) is 32.7 Å². The molecule has 2 aliphatic rings. The molecule has 0 bridgehead atoms. The van der Waals surface area contributed by atoms with E-state index < -0.39 is 0 Å². The average Bonchev–Trinajstić information content (AvgIpc) is 2.83. The Morgan fingerprint density at radius 3 is 2.32 bits per heavy atom. The van der Waals surface area contributed by atoms with Crippen LogP contribution in [0.2, 0.25) is 0 Å². The molecule has 2 unspecified atom stereocenters. The fourth-order valence-corrected chi connectivity index (χ4v) is 3.67. The van der Waals surface area contributed by atoms with Crippen molar-refractivity contribution in [3.63, 3.8) is 0 Å². The molecule has 3 heteroatoms. The lowest BCUT2D eigenvalue weighted by Gasteiger charge is -2.45. The first-order chi connectivity index (χ1) is 9.02. The van der Waals surface area contributed by atoms with E-state index in [0.29, 0.717) is 5.54 Å². The lowest BCUT2D eigenvalue weighted by atomic mass is 10.0. The van der Waals surface area contributed by atoms with Crippen LogP contribution >= 0.6 is 0 Å². The number of rotatable bonds is 4. The van der Waals surface area contributed by atoms with Gasteiger partial charge < -0.3 is 5.32 Å². The Balaban J connectivity index is 1.83. The Labute approximate surface area is 119 Å². The molecule has 2 rings (SSSR count). The second kappa shape index (κ2) is 6.55. The Hall–Kier alpha value is -0.120. The molecule has 1 saturated heterocycles. The van der Waals surface area contributed by atoms with E-state index in [1.807, 2.05) is 0 Å². The molecule has 1 N–H and O–H groups in total. The minimum absolute atomic E-state index is 0.335. The van der Waals surface area contributed by atoms with Crippen LogP contribution in [0.3, 0.4) is 0 Å². The first-order valence-corrected chi connectivity index (χ1v) is 8.25. The third-order valence-corrected chi connectivity index (χ3v) is 4.87. The normalized spacial score (nSPS) is 30.9. The molecule has 1 aliphatic carbocycles. The van der Waals surface area contributed by atoms with Gasteiger partial charge in [-0.3, -0.25) is 9.80 Å². The molecule has 1 heterocycles. The summed E-state index contributed by atoms with van der Waals surface area (Å²) < 4.78 is 0. The van der Waals surface area contributed by atoms with Gasteiger partial charge in [0, 0.05) is 43.8 Å². The van der Waals surface area contributed by atoms with Crippen molar-refractivity contribution in [1.29, 1.82) is 0 Å². The van der Waals surface area contributed by atoms with Gasteiger partial charge in [-0.25, -0.2) is 0 Å². The van der Waals surface area contributed by atoms with E-state index in [4.69, 9.17) is 0 Å². The standard InChI is InChI=1S/C16H33N3/c1-5-9-17-14-7-6-8-15(14)18-10-12-19(13-11-18)16(2,3)4/h14-15,17H,5-13H2,1-4H3. The van der Waals surface area contributed by atoms with E-state index in [1.54, 1.807) is 0 Å². The summed E-state index contributed by atoms with van der Waals surface area (Å²) in [5.41, 5.74) is 0.335. The minimum Gasteiger partial charge on any atom is -0.312 e. The molecule has 2 atom stereocenters. The number of nitrogens with one attached hydrogen (secondary N) is 1. The molecule has 0 aromatic rings.